The summed E-state index contributed by atoms with van der Waals surface area (Å²) in [5, 5.41) is 3.00. The molecule has 1 saturated carbocycles. The highest BCUT2D eigenvalue weighted by Gasteiger charge is 2.41. The molecule has 1 N–H and O–H groups in total. The largest absolute Gasteiger partial charge is 0.356 e. The highest BCUT2D eigenvalue weighted by Crippen LogP contribution is 2.38. The molecule has 0 radical (unpaired) electrons. The zero-order chi connectivity index (χ0) is 18.5. The molecule has 0 spiro atoms. The minimum absolute atomic E-state index is 0.0242. The van der Waals surface area contributed by atoms with E-state index in [0.717, 1.165) is 37.7 Å². The molecule has 2 aliphatic rings. The van der Waals surface area contributed by atoms with E-state index in [9.17, 15) is 9.59 Å². The van der Waals surface area contributed by atoms with Crippen LogP contribution >= 0.6 is 0 Å². The molecule has 1 fully saturated rings. The quantitative estimate of drug-likeness (QED) is 0.761. The molecule has 1 unspecified atom stereocenters. The first kappa shape index (κ1) is 18.7. The Bertz CT molecular complexity index is 679. The van der Waals surface area contributed by atoms with Gasteiger partial charge in [-0.3, -0.25) is 9.59 Å². The first-order valence-corrected chi connectivity index (χ1v) is 9.93. The summed E-state index contributed by atoms with van der Waals surface area (Å²) in [6.45, 7) is 4.79. The number of nitrogens with one attached hydrogen (secondary N) is 1. The van der Waals surface area contributed by atoms with Crippen LogP contribution in [0.1, 0.15) is 57.9 Å². The Labute approximate surface area is 156 Å². The van der Waals surface area contributed by atoms with Crippen LogP contribution in [-0.2, 0) is 16.0 Å². The Balaban J connectivity index is 1.53. The first-order valence-electron chi connectivity index (χ1n) is 9.93. The minimum Gasteiger partial charge on any atom is -0.356 e. The molecule has 1 aliphatic carbocycles. The van der Waals surface area contributed by atoms with Gasteiger partial charge in [0.15, 0.2) is 0 Å². The van der Waals surface area contributed by atoms with Crippen LogP contribution < -0.4 is 5.32 Å². The van der Waals surface area contributed by atoms with Gasteiger partial charge in [0.05, 0.1) is 12.5 Å². The molecule has 0 bridgehead atoms. The average Bonchev–Trinajstić information content (AvgIpc) is 2.92. The molecule has 26 heavy (non-hydrogen) atoms. The van der Waals surface area contributed by atoms with Gasteiger partial charge in [-0.1, -0.05) is 36.8 Å². The highest BCUT2D eigenvalue weighted by molar-refractivity contribution is 6.02. The van der Waals surface area contributed by atoms with Gasteiger partial charge in [0.1, 0.15) is 0 Å². The fourth-order valence-corrected chi connectivity index (χ4v) is 4.26. The molecule has 1 heterocycles. The van der Waals surface area contributed by atoms with Gasteiger partial charge in [0, 0.05) is 18.2 Å². The van der Waals surface area contributed by atoms with Crippen molar-refractivity contribution in [3.05, 3.63) is 47.0 Å². The molecule has 1 aromatic rings. The van der Waals surface area contributed by atoms with E-state index in [2.05, 4.69) is 31.3 Å². The lowest BCUT2D eigenvalue weighted by molar-refractivity contribution is -0.130. The Hall–Kier alpha value is -2.10. The van der Waals surface area contributed by atoms with Gasteiger partial charge in [-0.2, -0.15) is 0 Å². The van der Waals surface area contributed by atoms with E-state index in [-0.39, 0.29) is 30.3 Å². The van der Waals surface area contributed by atoms with Crippen molar-refractivity contribution >= 4 is 11.8 Å². The summed E-state index contributed by atoms with van der Waals surface area (Å²) in [4.78, 5) is 27.2. The number of benzene rings is 1. The third kappa shape index (κ3) is 4.17. The Morgan fingerprint density at radius 2 is 2.00 bits per heavy atom. The summed E-state index contributed by atoms with van der Waals surface area (Å²) < 4.78 is 0. The maximum atomic E-state index is 12.9. The summed E-state index contributed by atoms with van der Waals surface area (Å²) in [7, 11) is 0. The number of carbonyl (C=O) groups excluding carboxylic acids is 2. The zero-order valence-electron chi connectivity index (χ0n) is 16.0. The van der Waals surface area contributed by atoms with Crippen molar-refractivity contribution in [2.75, 3.05) is 6.54 Å². The number of hydrogen-bond donors (Lipinski definition) is 1. The topological polar surface area (TPSA) is 49.4 Å². The van der Waals surface area contributed by atoms with Gasteiger partial charge in [-0.05, 0) is 57.1 Å². The summed E-state index contributed by atoms with van der Waals surface area (Å²) in [6, 6.07) is 10.7. The van der Waals surface area contributed by atoms with Crippen LogP contribution in [0.4, 0.5) is 0 Å². The molecular formula is C22H30N2O2. The van der Waals surface area contributed by atoms with E-state index >= 15 is 0 Å². The molecule has 0 saturated heterocycles. The summed E-state index contributed by atoms with van der Waals surface area (Å²) in [6.07, 6.45) is 6.42. The average molecular weight is 354 g/mol. The van der Waals surface area contributed by atoms with Crippen LogP contribution in [-0.4, -0.2) is 35.3 Å². The smallest absolute Gasteiger partial charge is 0.251 e. The fraction of sp³-hybridized carbons (Fsp3) is 0.545. The maximum absolute atomic E-state index is 12.9. The van der Waals surface area contributed by atoms with E-state index < -0.39 is 0 Å². The normalized spacial score (nSPS) is 19.9. The lowest BCUT2D eigenvalue weighted by atomic mass is 9.88. The maximum Gasteiger partial charge on any atom is 0.251 e. The number of hydrogen-bond acceptors (Lipinski definition) is 2. The number of aryl methyl sites for hydroxylation is 1. The fourth-order valence-electron chi connectivity index (χ4n) is 4.26. The van der Waals surface area contributed by atoms with Crippen LogP contribution in [0.2, 0.25) is 0 Å². The summed E-state index contributed by atoms with van der Waals surface area (Å²) in [5.41, 5.74) is 3.29. The monoisotopic (exact) mass is 354 g/mol. The van der Waals surface area contributed by atoms with Crippen molar-refractivity contribution < 1.29 is 9.59 Å². The number of carbonyl (C=O) groups is 2. The summed E-state index contributed by atoms with van der Waals surface area (Å²) in [5.74, 6) is 0.0603. The van der Waals surface area contributed by atoms with Crippen LogP contribution in [0.5, 0.6) is 0 Å². The highest BCUT2D eigenvalue weighted by atomic mass is 16.2. The molecular weight excluding hydrogens is 324 g/mol. The van der Waals surface area contributed by atoms with E-state index in [4.69, 9.17) is 0 Å². The van der Waals surface area contributed by atoms with Crippen LogP contribution in [0, 0.1) is 0 Å². The molecule has 140 valence electrons. The number of rotatable bonds is 7. The van der Waals surface area contributed by atoms with Gasteiger partial charge >= 0.3 is 0 Å². The second kappa shape index (κ2) is 8.52. The minimum atomic E-state index is -0.0242. The molecule has 2 amide bonds. The molecule has 1 aromatic carbocycles. The van der Waals surface area contributed by atoms with Crippen molar-refractivity contribution in [3.63, 3.8) is 0 Å². The van der Waals surface area contributed by atoms with E-state index in [1.54, 1.807) is 0 Å². The number of nitrogens with zero attached hydrogens (tertiary/aromatic N) is 1. The zero-order valence-corrected chi connectivity index (χ0v) is 16.0. The summed E-state index contributed by atoms with van der Waals surface area (Å²) >= 11 is 0. The van der Waals surface area contributed by atoms with Crippen LogP contribution in [0.15, 0.2) is 41.5 Å². The molecule has 1 atom stereocenters. The van der Waals surface area contributed by atoms with Crippen molar-refractivity contribution in [2.24, 2.45) is 0 Å². The van der Waals surface area contributed by atoms with Gasteiger partial charge in [-0.25, -0.2) is 0 Å². The number of amides is 2. The van der Waals surface area contributed by atoms with Gasteiger partial charge in [0.25, 0.3) is 5.91 Å². The van der Waals surface area contributed by atoms with Crippen molar-refractivity contribution in [1.29, 1.82) is 0 Å². The SMILES string of the molecule is CC(C)N1C(=O)C(CC(=O)NCCCc2ccccc2)=C2CCCCC21. The molecule has 0 aromatic heterocycles. The predicted octanol–water partition coefficient (Wildman–Crippen LogP) is 3.62. The lowest BCUT2D eigenvalue weighted by Gasteiger charge is -2.33. The van der Waals surface area contributed by atoms with Gasteiger partial charge in [-0.15, -0.1) is 0 Å². The third-order valence-corrected chi connectivity index (χ3v) is 5.49. The lowest BCUT2D eigenvalue weighted by Crippen LogP contribution is -2.41. The number of fused-ring (bicyclic) bond motifs is 1. The first-order chi connectivity index (χ1) is 12.6. The molecule has 4 nitrogen and oxygen atoms in total. The van der Waals surface area contributed by atoms with Crippen LogP contribution in [0.3, 0.4) is 0 Å². The van der Waals surface area contributed by atoms with Crippen molar-refractivity contribution in [1.82, 2.24) is 10.2 Å². The Morgan fingerprint density at radius 3 is 2.73 bits per heavy atom. The second-order valence-electron chi connectivity index (χ2n) is 7.69. The van der Waals surface area contributed by atoms with Gasteiger partial charge < -0.3 is 10.2 Å². The van der Waals surface area contributed by atoms with Crippen LogP contribution in [0.25, 0.3) is 0 Å². The molecule has 3 rings (SSSR count). The Morgan fingerprint density at radius 1 is 1.23 bits per heavy atom. The molecule has 1 aliphatic heterocycles. The predicted molar refractivity (Wildman–Crippen MR) is 104 cm³/mol. The standard InChI is InChI=1S/C22H30N2O2/c1-16(2)24-20-13-7-6-12-18(20)19(22(24)26)15-21(25)23-14-8-11-17-9-4-3-5-10-17/h3-5,9-10,16,20H,6-8,11-15H2,1-2H3,(H,23,25). The Kier molecular flexibility index (Phi) is 6.12. The third-order valence-electron chi connectivity index (χ3n) is 5.49. The van der Waals surface area contributed by atoms with E-state index in [1.807, 2.05) is 23.1 Å². The van der Waals surface area contributed by atoms with Crippen molar-refractivity contribution in [3.8, 4) is 0 Å². The molecule has 4 heteroatoms. The second-order valence-corrected chi connectivity index (χ2v) is 7.69. The van der Waals surface area contributed by atoms with Gasteiger partial charge in [0.2, 0.25) is 5.91 Å². The van der Waals surface area contributed by atoms with E-state index in [0.29, 0.717) is 6.54 Å². The van der Waals surface area contributed by atoms with Crippen molar-refractivity contribution in [2.45, 2.75) is 70.9 Å². The van der Waals surface area contributed by atoms with E-state index in [1.165, 1.54) is 17.6 Å².